The maximum absolute atomic E-state index is 12.4. The number of carbonyl (C=O) groups excluding carboxylic acids is 1. The molecule has 0 bridgehead atoms. The molecule has 146 valence electrons. The number of nitrogens with one attached hydrogen (secondary N) is 1. The monoisotopic (exact) mass is 423 g/mol. The number of anilines is 1. The lowest BCUT2D eigenvalue weighted by Gasteiger charge is -2.10. The summed E-state index contributed by atoms with van der Waals surface area (Å²) in [5.74, 6) is 1.38. The summed E-state index contributed by atoms with van der Waals surface area (Å²) in [5.41, 5.74) is 1.95. The van der Waals surface area contributed by atoms with Crippen LogP contribution in [0.1, 0.15) is 35.7 Å². The van der Waals surface area contributed by atoms with Crippen LogP contribution in [0.15, 0.2) is 53.7 Å². The first-order valence-corrected chi connectivity index (χ1v) is 10.6. The van der Waals surface area contributed by atoms with Gasteiger partial charge in [-0.1, -0.05) is 53.7 Å². The Balaban J connectivity index is 1.46. The number of halogens is 1. The summed E-state index contributed by atoms with van der Waals surface area (Å²) in [7, 11) is 0. The Kier molecular flexibility index (Phi) is 5.84. The van der Waals surface area contributed by atoms with Gasteiger partial charge < -0.3 is 9.88 Å². The van der Waals surface area contributed by atoms with Crippen LogP contribution in [0.4, 0.5) is 5.69 Å². The van der Waals surface area contributed by atoms with Crippen molar-refractivity contribution in [1.82, 2.24) is 14.8 Å². The van der Waals surface area contributed by atoms with Gasteiger partial charge in [-0.25, -0.2) is 0 Å². The number of thioether (sulfide) groups is 1. The van der Waals surface area contributed by atoms with Crippen LogP contribution in [-0.2, 0) is 11.3 Å². The van der Waals surface area contributed by atoms with Gasteiger partial charge in [0, 0.05) is 10.9 Å². The molecular weight excluding hydrogens is 406 g/mol. The summed E-state index contributed by atoms with van der Waals surface area (Å²) in [6.45, 7) is 0.677. The maximum atomic E-state index is 12.4. The Morgan fingerprint density at radius 3 is 2.76 bits per heavy atom. The minimum Gasteiger partial charge on any atom is -0.324 e. The van der Waals surface area contributed by atoms with E-state index in [1.807, 2.05) is 18.2 Å². The van der Waals surface area contributed by atoms with Crippen LogP contribution in [-0.4, -0.2) is 26.4 Å². The molecule has 0 saturated heterocycles. The van der Waals surface area contributed by atoms with Crippen LogP contribution in [0.25, 0.3) is 0 Å². The molecule has 1 saturated carbocycles. The van der Waals surface area contributed by atoms with E-state index < -0.39 is 0 Å². The van der Waals surface area contributed by atoms with Crippen LogP contribution >= 0.6 is 23.4 Å². The van der Waals surface area contributed by atoms with Crippen molar-refractivity contribution < 1.29 is 4.79 Å². The van der Waals surface area contributed by atoms with Gasteiger partial charge in [0.2, 0.25) is 5.91 Å². The number of rotatable bonds is 7. The molecule has 1 amide bonds. The van der Waals surface area contributed by atoms with Crippen LogP contribution < -0.4 is 5.32 Å². The minimum atomic E-state index is -0.226. The number of hydrogen-bond acceptors (Lipinski definition) is 5. The van der Waals surface area contributed by atoms with E-state index in [0.29, 0.717) is 28.7 Å². The Bertz CT molecular complexity index is 1070. The number of hydrogen-bond donors (Lipinski definition) is 1. The third kappa shape index (κ3) is 4.78. The number of benzene rings is 2. The van der Waals surface area contributed by atoms with E-state index in [-0.39, 0.29) is 11.7 Å². The quantitative estimate of drug-likeness (QED) is 0.567. The van der Waals surface area contributed by atoms with Crippen molar-refractivity contribution >= 4 is 35.0 Å². The van der Waals surface area contributed by atoms with Crippen LogP contribution in [0, 0.1) is 11.3 Å². The minimum absolute atomic E-state index is 0.162. The first-order chi connectivity index (χ1) is 14.1. The molecule has 0 radical (unpaired) electrons. The average Bonchev–Trinajstić information content (AvgIpc) is 3.49. The van der Waals surface area contributed by atoms with Gasteiger partial charge in [-0.2, -0.15) is 5.26 Å². The van der Waals surface area contributed by atoms with Gasteiger partial charge in [0.1, 0.15) is 11.9 Å². The predicted octanol–water partition coefficient (Wildman–Crippen LogP) is 4.46. The maximum Gasteiger partial charge on any atom is 0.234 e. The highest BCUT2D eigenvalue weighted by atomic mass is 35.5. The molecule has 1 aliphatic rings. The lowest BCUT2D eigenvalue weighted by molar-refractivity contribution is -0.113. The summed E-state index contributed by atoms with van der Waals surface area (Å²) >= 11 is 7.32. The summed E-state index contributed by atoms with van der Waals surface area (Å²) in [4.78, 5) is 12.4. The van der Waals surface area contributed by atoms with E-state index >= 15 is 0 Å². The lowest BCUT2D eigenvalue weighted by Crippen LogP contribution is -2.16. The fourth-order valence-corrected chi connectivity index (χ4v) is 3.92. The zero-order valence-electron chi connectivity index (χ0n) is 15.5. The molecule has 0 spiro atoms. The number of amides is 1. The van der Waals surface area contributed by atoms with E-state index in [2.05, 4.69) is 38.3 Å². The highest BCUT2D eigenvalue weighted by Gasteiger charge is 2.30. The molecule has 8 heteroatoms. The number of nitriles is 1. The van der Waals surface area contributed by atoms with Crippen LogP contribution in [0.2, 0.25) is 5.02 Å². The Labute approximate surface area is 177 Å². The summed E-state index contributed by atoms with van der Waals surface area (Å²) in [6.07, 6.45) is 2.26. The highest BCUT2D eigenvalue weighted by Crippen LogP contribution is 2.40. The molecule has 1 N–H and O–H groups in total. The van der Waals surface area contributed by atoms with Crippen molar-refractivity contribution in [2.24, 2.45) is 0 Å². The van der Waals surface area contributed by atoms with Crippen molar-refractivity contribution in [2.75, 3.05) is 11.1 Å². The zero-order chi connectivity index (χ0) is 20.2. The summed E-state index contributed by atoms with van der Waals surface area (Å²) in [5, 5.41) is 21.8. The number of aromatic nitrogens is 3. The molecule has 1 aliphatic carbocycles. The molecule has 1 fully saturated rings. The summed E-state index contributed by atoms with van der Waals surface area (Å²) < 4.78 is 2.10. The fourth-order valence-electron chi connectivity index (χ4n) is 3.00. The van der Waals surface area contributed by atoms with E-state index in [0.717, 1.165) is 29.4 Å². The largest absolute Gasteiger partial charge is 0.324 e. The standard InChI is InChI=1S/C21H18ClN5OS/c22-17-9-8-16(11-23)18(10-17)24-19(28)13-29-21-26-25-20(15-6-7-15)27(21)12-14-4-2-1-3-5-14/h1-5,8-10,15H,6-7,12-13H2,(H,24,28). The van der Waals surface area contributed by atoms with Crippen LogP contribution in [0.5, 0.6) is 0 Å². The van der Waals surface area contributed by atoms with Crippen molar-refractivity contribution in [3.63, 3.8) is 0 Å². The van der Waals surface area contributed by atoms with E-state index in [9.17, 15) is 10.1 Å². The average molecular weight is 424 g/mol. The zero-order valence-corrected chi connectivity index (χ0v) is 17.1. The van der Waals surface area contributed by atoms with E-state index in [4.69, 9.17) is 11.6 Å². The lowest BCUT2D eigenvalue weighted by atomic mass is 10.2. The molecule has 4 rings (SSSR count). The second kappa shape index (κ2) is 8.68. The predicted molar refractivity (Wildman–Crippen MR) is 113 cm³/mol. The summed E-state index contributed by atoms with van der Waals surface area (Å²) in [6, 6.07) is 17.0. The van der Waals surface area contributed by atoms with Crippen molar-refractivity contribution in [3.8, 4) is 6.07 Å². The van der Waals surface area contributed by atoms with Gasteiger partial charge in [0.25, 0.3) is 0 Å². The second-order valence-corrected chi connectivity index (χ2v) is 8.20. The molecule has 0 unspecified atom stereocenters. The van der Waals surface area contributed by atoms with Gasteiger partial charge in [0.05, 0.1) is 23.5 Å². The van der Waals surface area contributed by atoms with Gasteiger partial charge in [-0.05, 0) is 36.6 Å². The topological polar surface area (TPSA) is 83.6 Å². The first kappa shape index (κ1) is 19.5. The van der Waals surface area contributed by atoms with Gasteiger partial charge in [-0.15, -0.1) is 10.2 Å². The van der Waals surface area contributed by atoms with Gasteiger partial charge in [0.15, 0.2) is 5.16 Å². The molecule has 0 atom stereocenters. The molecule has 29 heavy (non-hydrogen) atoms. The highest BCUT2D eigenvalue weighted by molar-refractivity contribution is 7.99. The third-order valence-corrected chi connectivity index (χ3v) is 5.78. The molecule has 3 aromatic rings. The number of nitrogens with zero attached hydrogens (tertiary/aromatic N) is 4. The van der Waals surface area contributed by atoms with E-state index in [1.54, 1.807) is 18.2 Å². The molecule has 2 aromatic carbocycles. The molecule has 6 nitrogen and oxygen atoms in total. The van der Waals surface area contributed by atoms with Crippen molar-refractivity contribution in [1.29, 1.82) is 5.26 Å². The van der Waals surface area contributed by atoms with E-state index in [1.165, 1.54) is 11.8 Å². The molecular formula is C21H18ClN5OS. The molecule has 1 aromatic heterocycles. The first-order valence-electron chi connectivity index (χ1n) is 9.23. The van der Waals surface area contributed by atoms with Crippen molar-refractivity contribution in [3.05, 3.63) is 70.5 Å². The van der Waals surface area contributed by atoms with Crippen molar-refractivity contribution in [2.45, 2.75) is 30.5 Å². The Morgan fingerprint density at radius 1 is 1.24 bits per heavy atom. The molecule has 1 heterocycles. The van der Waals surface area contributed by atoms with Gasteiger partial charge >= 0.3 is 0 Å². The third-order valence-electron chi connectivity index (χ3n) is 4.58. The normalized spacial score (nSPS) is 13.1. The Morgan fingerprint density at radius 2 is 2.03 bits per heavy atom. The SMILES string of the molecule is N#Cc1ccc(Cl)cc1NC(=O)CSc1nnc(C2CC2)n1Cc1ccccc1. The Hall–Kier alpha value is -2.82. The second-order valence-electron chi connectivity index (χ2n) is 6.83. The van der Waals surface area contributed by atoms with Gasteiger partial charge in [-0.3, -0.25) is 4.79 Å². The van der Waals surface area contributed by atoms with Crippen LogP contribution in [0.3, 0.4) is 0 Å². The fraction of sp³-hybridized carbons (Fsp3) is 0.238. The number of carbonyl (C=O) groups is 1. The smallest absolute Gasteiger partial charge is 0.234 e. The molecule has 0 aliphatic heterocycles.